The average molecular weight is 444 g/mol. The molecule has 32 heavy (non-hydrogen) atoms. The third-order valence-corrected chi connectivity index (χ3v) is 4.41. The molecule has 0 saturated heterocycles. The molecule has 0 radical (unpaired) electrons. The Labute approximate surface area is 188 Å². The molecule has 3 aromatic rings. The maximum Gasteiger partial charge on any atom is 0.314 e. The summed E-state index contributed by atoms with van der Waals surface area (Å²) in [7, 11) is 0. The van der Waals surface area contributed by atoms with Gasteiger partial charge in [-0.1, -0.05) is 64.1 Å². The van der Waals surface area contributed by atoms with E-state index >= 15 is 0 Å². The standard InChI is InChI=1S/C13H18O2.C7H5N3O2.C4H10O/c1-9(2)8-11-4-6-12(7-5-11)10(3)13(14)15;11-7-5-3-1-2-4-6(5)8-9-10(7)12;1-4(2)3-5/h4-7,9-10H,8H2,1-3H3,(H,14,15);1-4,12H;4-5H,3H2,1-2H3. The first kappa shape index (κ1) is 26.8. The van der Waals surface area contributed by atoms with E-state index in [4.69, 9.17) is 15.4 Å². The van der Waals surface area contributed by atoms with Crippen molar-refractivity contribution in [2.24, 2.45) is 11.8 Å². The number of aliphatic carboxylic acids is 1. The number of aromatic nitrogens is 3. The van der Waals surface area contributed by atoms with Crippen LogP contribution in [0.5, 0.6) is 0 Å². The van der Waals surface area contributed by atoms with Gasteiger partial charge in [-0.2, -0.15) is 0 Å². The zero-order valence-electron chi connectivity index (χ0n) is 19.3. The highest BCUT2D eigenvalue weighted by Gasteiger charge is 2.12. The van der Waals surface area contributed by atoms with Crippen molar-refractivity contribution < 1.29 is 20.2 Å². The van der Waals surface area contributed by atoms with Crippen molar-refractivity contribution >= 4 is 16.9 Å². The van der Waals surface area contributed by atoms with Crippen LogP contribution in [0.15, 0.2) is 53.3 Å². The molecule has 2 aromatic carbocycles. The molecule has 1 heterocycles. The lowest BCUT2D eigenvalue weighted by atomic mass is 9.97. The molecule has 3 rings (SSSR count). The van der Waals surface area contributed by atoms with Crippen LogP contribution in [-0.4, -0.2) is 43.2 Å². The number of hydrogen-bond donors (Lipinski definition) is 3. The number of hydrogen-bond acceptors (Lipinski definition) is 6. The van der Waals surface area contributed by atoms with Gasteiger partial charge in [-0.3, -0.25) is 9.59 Å². The third-order valence-electron chi connectivity index (χ3n) is 4.41. The van der Waals surface area contributed by atoms with Crippen LogP contribution in [0.4, 0.5) is 0 Å². The monoisotopic (exact) mass is 443 g/mol. The van der Waals surface area contributed by atoms with E-state index < -0.39 is 17.4 Å². The first-order valence-corrected chi connectivity index (χ1v) is 10.5. The molecule has 0 aliphatic carbocycles. The van der Waals surface area contributed by atoms with E-state index in [-0.39, 0.29) is 4.85 Å². The van der Waals surface area contributed by atoms with E-state index in [0.29, 0.717) is 29.3 Å². The van der Waals surface area contributed by atoms with Gasteiger partial charge in [-0.05, 0) is 58.5 Å². The summed E-state index contributed by atoms with van der Waals surface area (Å²) in [6, 6.07) is 14.6. The lowest BCUT2D eigenvalue weighted by Crippen LogP contribution is -2.21. The molecule has 8 nitrogen and oxygen atoms in total. The fourth-order valence-corrected chi connectivity index (χ4v) is 2.54. The van der Waals surface area contributed by atoms with Gasteiger partial charge < -0.3 is 15.4 Å². The summed E-state index contributed by atoms with van der Waals surface area (Å²) in [6.45, 7) is 10.3. The quantitative estimate of drug-likeness (QED) is 0.513. The number of aliphatic hydroxyl groups excluding tert-OH is 1. The van der Waals surface area contributed by atoms with Crippen molar-refractivity contribution in [3.05, 3.63) is 70.0 Å². The Morgan fingerprint density at radius 2 is 1.53 bits per heavy atom. The zero-order valence-corrected chi connectivity index (χ0v) is 19.3. The minimum Gasteiger partial charge on any atom is -0.481 e. The van der Waals surface area contributed by atoms with E-state index in [1.54, 1.807) is 31.2 Å². The van der Waals surface area contributed by atoms with Crippen molar-refractivity contribution in [2.75, 3.05) is 6.61 Å². The van der Waals surface area contributed by atoms with Gasteiger partial charge in [0.05, 0.1) is 11.3 Å². The Morgan fingerprint density at radius 1 is 0.969 bits per heavy atom. The van der Waals surface area contributed by atoms with Gasteiger partial charge in [0.25, 0.3) is 0 Å². The lowest BCUT2D eigenvalue weighted by Gasteiger charge is -2.09. The number of carboxylic acids is 1. The van der Waals surface area contributed by atoms with Crippen molar-refractivity contribution in [1.82, 2.24) is 15.2 Å². The van der Waals surface area contributed by atoms with Gasteiger partial charge in [-0.15, -0.1) is 5.10 Å². The van der Waals surface area contributed by atoms with Gasteiger partial charge in [0.1, 0.15) is 5.52 Å². The summed E-state index contributed by atoms with van der Waals surface area (Å²) < 4.78 is 0. The minimum absolute atomic E-state index is 0.225. The Morgan fingerprint density at radius 3 is 2.03 bits per heavy atom. The highest BCUT2D eigenvalue weighted by molar-refractivity contribution is 5.76. The molecule has 174 valence electrons. The van der Waals surface area contributed by atoms with E-state index in [1.165, 1.54) is 5.56 Å². The SMILES string of the molecule is CC(C)CO.CC(C)Cc1ccc(C(C)C(=O)O)cc1.O=c1c2ccccc2nnn1O. The van der Waals surface area contributed by atoms with E-state index in [1.807, 2.05) is 38.1 Å². The second kappa shape index (κ2) is 13.2. The number of rotatable bonds is 5. The Balaban J connectivity index is 0.000000269. The van der Waals surface area contributed by atoms with Gasteiger partial charge in [0.2, 0.25) is 0 Å². The maximum atomic E-state index is 11.1. The highest BCUT2D eigenvalue weighted by atomic mass is 16.5. The first-order valence-electron chi connectivity index (χ1n) is 10.5. The van der Waals surface area contributed by atoms with Crippen LogP contribution in [0.1, 0.15) is 51.7 Å². The summed E-state index contributed by atoms with van der Waals surface area (Å²) in [5.74, 6) is -0.118. The van der Waals surface area contributed by atoms with Crippen LogP contribution in [0.25, 0.3) is 10.9 Å². The molecule has 8 heteroatoms. The molecular formula is C24H33N3O5. The third kappa shape index (κ3) is 8.85. The number of benzene rings is 2. The predicted molar refractivity (Wildman–Crippen MR) is 124 cm³/mol. The molecule has 0 saturated carbocycles. The molecular weight excluding hydrogens is 410 g/mol. The summed E-state index contributed by atoms with van der Waals surface area (Å²) >= 11 is 0. The van der Waals surface area contributed by atoms with Gasteiger partial charge in [-0.25, -0.2) is 0 Å². The first-order chi connectivity index (χ1) is 15.1. The zero-order chi connectivity index (χ0) is 24.3. The summed E-state index contributed by atoms with van der Waals surface area (Å²) in [5, 5.41) is 33.0. The smallest absolute Gasteiger partial charge is 0.314 e. The predicted octanol–water partition coefficient (Wildman–Crippen LogP) is 3.74. The molecule has 3 N–H and O–H groups in total. The van der Waals surface area contributed by atoms with E-state index in [2.05, 4.69) is 24.2 Å². The Bertz CT molecular complexity index is 1030. The summed E-state index contributed by atoms with van der Waals surface area (Å²) in [4.78, 5) is 22.1. The van der Waals surface area contributed by atoms with Gasteiger partial charge >= 0.3 is 11.5 Å². The van der Waals surface area contributed by atoms with Crippen molar-refractivity contribution in [1.29, 1.82) is 0 Å². The Hall–Kier alpha value is -3.26. The van der Waals surface area contributed by atoms with Crippen molar-refractivity contribution in [2.45, 2.75) is 47.0 Å². The fourth-order valence-electron chi connectivity index (χ4n) is 2.54. The number of carbonyl (C=O) groups is 1. The van der Waals surface area contributed by atoms with Gasteiger partial charge in [0.15, 0.2) is 0 Å². The molecule has 0 aliphatic heterocycles. The highest BCUT2D eigenvalue weighted by Crippen LogP contribution is 2.17. The maximum absolute atomic E-state index is 11.1. The second-order valence-corrected chi connectivity index (χ2v) is 8.28. The summed E-state index contributed by atoms with van der Waals surface area (Å²) in [6.07, 6.45) is 1.04. The molecule has 1 atom stereocenters. The van der Waals surface area contributed by atoms with Crippen LogP contribution < -0.4 is 5.56 Å². The topological polar surface area (TPSA) is 126 Å². The normalized spacial score (nSPS) is 11.4. The van der Waals surface area contributed by atoms with Crippen LogP contribution in [0, 0.1) is 11.8 Å². The molecule has 1 unspecified atom stereocenters. The minimum atomic E-state index is -0.772. The molecule has 0 aliphatic rings. The van der Waals surface area contributed by atoms with Crippen LogP contribution >= 0.6 is 0 Å². The Kier molecular flexibility index (Phi) is 11.1. The van der Waals surface area contributed by atoms with E-state index in [0.717, 1.165) is 12.0 Å². The largest absolute Gasteiger partial charge is 0.481 e. The molecule has 0 fully saturated rings. The number of aliphatic hydroxyl groups is 1. The van der Waals surface area contributed by atoms with E-state index in [9.17, 15) is 9.59 Å². The average Bonchev–Trinajstić information content (AvgIpc) is 2.77. The molecule has 1 aromatic heterocycles. The van der Waals surface area contributed by atoms with Crippen molar-refractivity contribution in [3.8, 4) is 0 Å². The van der Waals surface area contributed by atoms with Crippen LogP contribution in [-0.2, 0) is 11.2 Å². The molecule has 0 bridgehead atoms. The lowest BCUT2D eigenvalue weighted by molar-refractivity contribution is -0.138. The summed E-state index contributed by atoms with van der Waals surface area (Å²) in [5.41, 5.74) is 2.06. The fraction of sp³-hybridized carbons (Fsp3) is 0.417. The number of nitrogens with zero attached hydrogens (tertiary/aromatic N) is 3. The molecule has 0 spiro atoms. The van der Waals surface area contributed by atoms with Crippen LogP contribution in [0.3, 0.4) is 0 Å². The number of carboxylic acid groups (broad SMARTS) is 1. The van der Waals surface area contributed by atoms with Crippen molar-refractivity contribution in [3.63, 3.8) is 0 Å². The number of fused-ring (bicyclic) bond motifs is 1. The van der Waals surface area contributed by atoms with Gasteiger partial charge in [0, 0.05) is 6.61 Å². The van der Waals surface area contributed by atoms with Crippen LogP contribution in [0.2, 0.25) is 0 Å². The second-order valence-electron chi connectivity index (χ2n) is 8.28. The molecule has 0 amide bonds.